The molecule has 0 bridgehead atoms. The Morgan fingerprint density at radius 2 is 0.926 bits per heavy atom. The third-order valence-corrected chi connectivity index (χ3v) is 6.53. The Morgan fingerprint density at radius 1 is 0.593 bits per heavy atom. The van der Waals surface area contributed by atoms with E-state index in [9.17, 15) is 9.59 Å². The first-order chi connectivity index (χ1) is 13.2. The Hall–Kier alpha value is -2.42. The number of esters is 2. The van der Waals surface area contributed by atoms with Crippen molar-refractivity contribution < 1.29 is 14.3 Å². The zero-order valence-corrected chi connectivity index (χ0v) is 15.7. The van der Waals surface area contributed by atoms with Crippen molar-refractivity contribution in [2.24, 2.45) is 0 Å². The molecule has 2 fully saturated rings. The molecule has 2 aliphatic carbocycles. The molecule has 0 heterocycles. The molecule has 0 saturated heterocycles. The Labute approximate surface area is 160 Å². The molecule has 4 rings (SSSR count). The van der Waals surface area contributed by atoms with E-state index in [0.717, 1.165) is 62.5 Å². The molecular formula is C24H26O3. The van der Waals surface area contributed by atoms with Gasteiger partial charge in [0.2, 0.25) is 0 Å². The second-order valence-electron chi connectivity index (χ2n) is 7.99. The van der Waals surface area contributed by atoms with Gasteiger partial charge in [0.15, 0.2) is 0 Å². The summed E-state index contributed by atoms with van der Waals surface area (Å²) in [6.07, 6.45) is 6.96. The van der Waals surface area contributed by atoms with E-state index in [1.807, 2.05) is 60.7 Å². The molecule has 0 N–H and O–H groups in total. The van der Waals surface area contributed by atoms with Crippen LogP contribution in [-0.2, 0) is 25.2 Å². The Kier molecular flexibility index (Phi) is 4.86. The number of rotatable bonds is 4. The second kappa shape index (κ2) is 7.30. The highest BCUT2D eigenvalue weighted by atomic mass is 16.6. The summed E-state index contributed by atoms with van der Waals surface area (Å²) in [5.41, 5.74) is 0.599. The number of carbonyl (C=O) groups excluding carboxylic acids is 2. The van der Waals surface area contributed by atoms with Gasteiger partial charge in [-0.25, -0.2) is 0 Å². The number of hydrogen-bond donors (Lipinski definition) is 0. The summed E-state index contributed by atoms with van der Waals surface area (Å²) in [5.74, 6) is -0.725. The molecule has 0 aromatic heterocycles. The molecule has 2 aromatic rings. The van der Waals surface area contributed by atoms with Crippen molar-refractivity contribution in [3.8, 4) is 0 Å². The smallest absolute Gasteiger partial charge is 0.324 e. The first kappa shape index (κ1) is 18.0. The molecule has 0 amide bonds. The molecule has 3 heteroatoms. The molecule has 0 aliphatic heterocycles. The van der Waals surface area contributed by atoms with Crippen LogP contribution in [0.5, 0.6) is 0 Å². The minimum Gasteiger partial charge on any atom is -0.392 e. The molecule has 2 aromatic carbocycles. The average Bonchev–Trinajstić information content (AvgIpc) is 3.41. The van der Waals surface area contributed by atoms with Gasteiger partial charge < -0.3 is 4.74 Å². The quantitative estimate of drug-likeness (QED) is 0.563. The summed E-state index contributed by atoms with van der Waals surface area (Å²) in [6, 6.07) is 19.6. The third kappa shape index (κ3) is 3.09. The highest BCUT2D eigenvalue weighted by molar-refractivity contribution is 5.97. The normalized spacial score (nSPS) is 20.3. The molecule has 0 radical (unpaired) electrons. The minimum absolute atomic E-state index is 0.363. The first-order valence-corrected chi connectivity index (χ1v) is 10.1. The lowest BCUT2D eigenvalue weighted by atomic mass is 9.77. The van der Waals surface area contributed by atoms with Crippen LogP contribution < -0.4 is 0 Å². The van der Waals surface area contributed by atoms with Gasteiger partial charge in [-0.1, -0.05) is 86.3 Å². The highest BCUT2D eigenvalue weighted by Gasteiger charge is 2.49. The van der Waals surface area contributed by atoms with Gasteiger partial charge in [0.25, 0.3) is 0 Å². The van der Waals surface area contributed by atoms with E-state index in [4.69, 9.17) is 4.74 Å². The van der Waals surface area contributed by atoms with E-state index >= 15 is 0 Å². The van der Waals surface area contributed by atoms with E-state index in [2.05, 4.69) is 0 Å². The zero-order chi connectivity index (χ0) is 18.7. The SMILES string of the molecule is O=C(OC(=O)C1(c2ccccc2)CCCC1)C1(c2ccccc2)CCCC1. The van der Waals surface area contributed by atoms with Gasteiger partial charge in [0.1, 0.15) is 0 Å². The van der Waals surface area contributed by atoms with Crippen LogP contribution in [0.25, 0.3) is 0 Å². The van der Waals surface area contributed by atoms with Crippen LogP contribution in [0.3, 0.4) is 0 Å². The van der Waals surface area contributed by atoms with Gasteiger partial charge in [-0.15, -0.1) is 0 Å². The molecule has 0 unspecified atom stereocenters. The standard InChI is InChI=1S/C24H26O3/c25-21(23(15-7-8-16-23)19-11-3-1-4-12-19)27-22(26)24(17-9-10-18-24)20-13-5-2-6-14-20/h1-6,11-14H,7-10,15-18H2. The number of benzene rings is 2. The lowest BCUT2D eigenvalue weighted by molar-refractivity contribution is -0.168. The third-order valence-electron chi connectivity index (χ3n) is 6.53. The zero-order valence-electron chi connectivity index (χ0n) is 15.7. The molecule has 0 atom stereocenters. The van der Waals surface area contributed by atoms with Crippen molar-refractivity contribution in [2.45, 2.75) is 62.2 Å². The monoisotopic (exact) mass is 362 g/mol. The van der Waals surface area contributed by atoms with Crippen LogP contribution in [0.15, 0.2) is 60.7 Å². The van der Waals surface area contributed by atoms with Gasteiger partial charge in [-0.05, 0) is 36.8 Å². The highest BCUT2D eigenvalue weighted by Crippen LogP contribution is 2.45. The average molecular weight is 362 g/mol. The van der Waals surface area contributed by atoms with E-state index < -0.39 is 10.8 Å². The van der Waals surface area contributed by atoms with Gasteiger partial charge in [-0.2, -0.15) is 0 Å². The maximum absolute atomic E-state index is 13.3. The summed E-state index contributed by atoms with van der Waals surface area (Å²) >= 11 is 0. The number of ether oxygens (including phenoxy) is 1. The molecule has 2 aliphatic rings. The van der Waals surface area contributed by atoms with Gasteiger partial charge >= 0.3 is 11.9 Å². The summed E-state index contributed by atoms with van der Waals surface area (Å²) in [5, 5.41) is 0. The van der Waals surface area contributed by atoms with E-state index in [1.54, 1.807) is 0 Å². The Morgan fingerprint density at radius 3 is 1.26 bits per heavy atom. The van der Waals surface area contributed by atoms with Crippen molar-refractivity contribution in [3.63, 3.8) is 0 Å². The van der Waals surface area contributed by atoms with Crippen LogP contribution in [0.1, 0.15) is 62.5 Å². The molecule has 0 spiro atoms. The Bertz CT molecular complexity index is 729. The fourth-order valence-corrected chi connectivity index (χ4v) is 4.97. The fraction of sp³-hybridized carbons (Fsp3) is 0.417. The maximum atomic E-state index is 13.3. The summed E-state index contributed by atoms with van der Waals surface area (Å²) in [4.78, 5) is 26.5. The summed E-state index contributed by atoms with van der Waals surface area (Å²) < 4.78 is 5.66. The van der Waals surface area contributed by atoms with E-state index in [1.165, 1.54) is 0 Å². The lowest BCUT2D eigenvalue weighted by Crippen LogP contribution is -2.42. The topological polar surface area (TPSA) is 43.4 Å². The van der Waals surface area contributed by atoms with Gasteiger partial charge in [0, 0.05) is 0 Å². The molecule has 2 saturated carbocycles. The van der Waals surface area contributed by atoms with Crippen LogP contribution in [0.2, 0.25) is 0 Å². The second-order valence-corrected chi connectivity index (χ2v) is 7.99. The van der Waals surface area contributed by atoms with Crippen LogP contribution in [-0.4, -0.2) is 11.9 Å². The molecule has 140 valence electrons. The van der Waals surface area contributed by atoms with Crippen LogP contribution in [0.4, 0.5) is 0 Å². The van der Waals surface area contributed by atoms with E-state index in [-0.39, 0.29) is 11.9 Å². The van der Waals surface area contributed by atoms with Gasteiger partial charge in [0.05, 0.1) is 10.8 Å². The predicted octanol–water partition coefficient (Wildman–Crippen LogP) is 5.08. The number of carbonyl (C=O) groups is 2. The molecule has 3 nitrogen and oxygen atoms in total. The summed E-state index contributed by atoms with van der Waals surface area (Å²) in [6.45, 7) is 0. The van der Waals surface area contributed by atoms with Crippen molar-refractivity contribution >= 4 is 11.9 Å². The van der Waals surface area contributed by atoms with Crippen molar-refractivity contribution in [1.82, 2.24) is 0 Å². The molecular weight excluding hydrogens is 336 g/mol. The van der Waals surface area contributed by atoms with Crippen LogP contribution in [0, 0.1) is 0 Å². The molecule has 27 heavy (non-hydrogen) atoms. The maximum Gasteiger partial charge on any atom is 0.324 e. The van der Waals surface area contributed by atoms with E-state index in [0.29, 0.717) is 0 Å². The number of hydrogen-bond acceptors (Lipinski definition) is 3. The van der Waals surface area contributed by atoms with Crippen molar-refractivity contribution in [3.05, 3.63) is 71.8 Å². The predicted molar refractivity (Wildman–Crippen MR) is 104 cm³/mol. The fourth-order valence-electron chi connectivity index (χ4n) is 4.97. The first-order valence-electron chi connectivity index (χ1n) is 10.1. The van der Waals surface area contributed by atoms with Gasteiger partial charge in [-0.3, -0.25) is 9.59 Å². The lowest BCUT2D eigenvalue weighted by Gasteiger charge is -2.31. The largest absolute Gasteiger partial charge is 0.392 e. The minimum atomic E-state index is -0.673. The summed E-state index contributed by atoms with van der Waals surface area (Å²) in [7, 11) is 0. The van der Waals surface area contributed by atoms with Crippen LogP contribution >= 0.6 is 0 Å². The van der Waals surface area contributed by atoms with Crippen molar-refractivity contribution in [2.75, 3.05) is 0 Å². The Balaban J connectivity index is 1.62. The van der Waals surface area contributed by atoms with Crippen molar-refractivity contribution in [1.29, 1.82) is 0 Å².